The summed E-state index contributed by atoms with van der Waals surface area (Å²) in [6, 6.07) is 12.2. The molecule has 0 saturated carbocycles. The fraction of sp³-hybridized carbons (Fsp3) is 0.100. The van der Waals surface area contributed by atoms with Crippen LogP contribution in [0.15, 0.2) is 70.6 Å². The Balaban J connectivity index is 1.77. The fourth-order valence-electron chi connectivity index (χ4n) is 2.63. The predicted molar refractivity (Wildman–Crippen MR) is 104 cm³/mol. The number of benzene rings is 2. The molecule has 0 N–H and O–H groups in total. The van der Waals surface area contributed by atoms with Gasteiger partial charge in [-0.25, -0.2) is 9.07 Å². The van der Waals surface area contributed by atoms with E-state index in [-0.39, 0.29) is 12.6 Å². The van der Waals surface area contributed by atoms with Crippen molar-refractivity contribution < 1.29 is 13.9 Å². The van der Waals surface area contributed by atoms with E-state index in [0.29, 0.717) is 34.1 Å². The number of rotatable bonds is 5. The second-order valence-corrected chi connectivity index (χ2v) is 6.52. The van der Waals surface area contributed by atoms with Crippen LogP contribution in [-0.4, -0.2) is 24.2 Å². The van der Waals surface area contributed by atoms with Crippen LogP contribution in [0.4, 0.5) is 4.39 Å². The molecular weight excluding hydrogens is 365 g/mol. The van der Waals surface area contributed by atoms with Gasteiger partial charge < -0.3 is 9.47 Å². The first-order valence-electron chi connectivity index (χ1n) is 8.27. The second-order valence-electron chi connectivity index (χ2n) is 5.68. The Labute approximate surface area is 159 Å². The van der Waals surface area contributed by atoms with E-state index in [1.807, 2.05) is 23.6 Å². The lowest BCUT2D eigenvalue weighted by Gasteiger charge is -2.05. The Morgan fingerprint density at radius 2 is 2.04 bits per heavy atom. The van der Waals surface area contributed by atoms with Gasteiger partial charge in [-0.2, -0.15) is 5.10 Å². The van der Waals surface area contributed by atoms with Crippen LogP contribution in [-0.2, 0) is 0 Å². The predicted octanol–water partition coefficient (Wildman–Crippen LogP) is 4.05. The third kappa shape index (κ3) is 3.54. The maximum Gasteiger partial charge on any atom is 0.231 e. The zero-order valence-corrected chi connectivity index (χ0v) is 15.2. The van der Waals surface area contributed by atoms with Gasteiger partial charge in [0.1, 0.15) is 5.82 Å². The Kier molecular flexibility index (Phi) is 4.84. The van der Waals surface area contributed by atoms with Gasteiger partial charge in [0.25, 0.3) is 0 Å². The maximum atomic E-state index is 14.3. The number of aromatic nitrogens is 1. The number of thiazole rings is 1. The quantitative estimate of drug-likeness (QED) is 0.494. The summed E-state index contributed by atoms with van der Waals surface area (Å²) >= 11 is 1.40. The molecule has 3 aromatic rings. The van der Waals surface area contributed by atoms with Crippen LogP contribution in [0.25, 0.3) is 11.3 Å². The summed E-state index contributed by atoms with van der Waals surface area (Å²) in [5.41, 5.74) is 1.95. The van der Waals surface area contributed by atoms with Crippen molar-refractivity contribution in [3.63, 3.8) is 0 Å². The van der Waals surface area contributed by atoms with Gasteiger partial charge >= 0.3 is 0 Å². The smallest absolute Gasteiger partial charge is 0.231 e. The van der Waals surface area contributed by atoms with Crippen LogP contribution < -0.4 is 14.3 Å². The number of nitrogens with zero attached hydrogens (tertiary/aromatic N) is 3. The Morgan fingerprint density at radius 1 is 1.19 bits per heavy atom. The summed E-state index contributed by atoms with van der Waals surface area (Å²) in [6.07, 6.45) is 3.39. The SMILES string of the molecule is C=CCN=c1scc(-c2ccccc2F)n1N=Cc1ccc2c(c1)OCO2. The van der Waals surface area contributed by atoms with Gasteiger partial charge in [0.15, 0.2) is 11.5 Å². The third-order valence-electron chi connectivity index (χ3n) is 3.91. The van der Waals surface area contributed by atoms with Crippen molar-refractivity contribution in [2.75, 3.05) is 13.3 Å². The lowest BCUT2D eigenvalue weighted by atomic mass is 10.1. The van der Waals surface area contributed by atoms with Crippen molar-refractivity contribution in [1.29, 1.82) is 0 Å². The molecule has 27 heavy (non-hydrogen) atoms. The van der Waals surface area contributed by atoms with Crippen LogP contribution in [0.5, 0.6) is 11.5 Å². The summed E-state index contributed by atoms with van der Waals surface area (Å²) in [5.74, 6) is 1.09. The number of fused-ring (bicyclic) bond motifs is 1. The number of hydrogen-bond acceptors (Lipinski definition) is 5. The summed E-state index contributed by atoms with van der Waals surface area (Å²) in [7, 11) is 0. The molecular formula is C20H16FN3O2S. The van der Waals surface area contributed by atoms with Gasteiger partial charge in [0.2, 0.25) is 11.6 Å². The lowest BCUT2D eigenvalue weighted by molar-refractivity contribution is 0.174. The molecule has 1 aromatic heterocycles. The molecule has 5 nitrogen and oxygen atoms in total. The second kappa shape index (κ2) is 7.59. The van der Waals surface area contributed by atoms with E-state index in [1.54, 1.807) is 35.2 Å². The Bertz CT molecular complexity index is 1080. The van der Waals surface area contributed by atoms with Gasteiger partial charge in [-0.15, -0.1) is 17.9 Å². The molecule has 136 valence electrons. The van der Waals surface area contributed by atoms with Gasteiger partial charge in [-0.05, 0) is 35.9 Å². The fourth-order valence-corrected chi connectivity index (χ4v) is 3.47. The van der Waals surface area contributed by atoms with Crippen molar-refractivity contribution in [1.82, 2.24) is 4.68 Å². The minimum atomic E-state index is -0.308. The average Bonchev–Trinajstić information content (AvgIpc) is 3.31. The first kappa shape index (κ1) is 17.2. The first-order chi connectivity index (χ1) is 13.3. The van der Waals surface area contributed by atoms with Crippen molar-refractivity contribution in [2.45, 2.75) is 0 Å². The lowest BCUT2D eigenvalue weighted by Crippen LogP contribution is -2.12. The summed E-state index contributed by atoms with van der Waals surface area (Å²) < 4.78 is 26.6. The first-order valence-corrected chi connectivity index (χ1v) is 9.15. The van der Waals surface area contributed by atoms with Crippen molar-refractivity contribution in [2.24, 2.45) is 10.1 Å². The third-order valence-corrected chi connectivity index (χ3v) is 4.76. The molecule has 0 unspecified atom stereocenters. The van der Waals surface area contributed by atoms with E-state index >= 15 is 0 Å². The van der Waals surface area contributed by atoms with E-state index in [2.05, 4.69) is 16.7 Å². The van der Waals surface area contributed by atoms with E-state index in [1.165, 1.54) is 17.4 Å². The zero-order chi connectivity index (χ0) is 18.6. The van der Waals surface area contributed by atoms with E-state index in [4.69, 9.17) is 9.47 Å². The molecule has 0 radical (unpaired) electrons. The zero-order valence-electron chi connectivity index (χ0n) is 14.3. The molecule has 1 aliphatic rings. The standard InChI is InChI=1S/C20H16FN3O2S/c1-2-9-22-20-24(17(12-27-20)15-5-3-4-6-16(15)21)23-11-14-7-8-18-19(10-14)26-13-25-18/h2-8,10-12H,1,9,13H2. The van der Waals surface area contributed by atoms with Gasteiger partial charge in [0, 0.05) is 10.9 Å². The Morgan fingerprint density at radius 3 is 2.89 bits per heavy atom. The van der Waals surface area contributed by atoms with Gasteiger partial charge in [-0.1, -0.05) is 18.2 Å². The summed E-state index contributed by atoms with van der Waals surface area (Å²) in [5, 5.41) is 6.39. The number of hydrogen-bond donors (Lipinski definition) is 0. The largest absolute Gasteiger partial charge is 0.454 e. The highest BCUT2D eigenvalue weighted by molar-refractivity contribution is 7.07. The van der Waals surface area contributed by atoms with Crippen molar-refractivity contribution in [3.05, 3.63) is 76.7 Å². The molecule has 2 heterocycles. The molecule has 0 aliphatic carbocycles. The van der Waals surface area contributed by atoms with Crippen molar-refractivity contribution in [3.8, 4) is 22.8 Å². The highest BCUT2D eigenvalue weighted by Gasteiger charge is 2.13. The number of ether oxygens (including phenoxy) is 2. The normalized spacial score (nSPS) is 13.4. The molecule has 1 aliphatic heterocycles. The number of halogens is 1. The molecule has 7 heteroatoms. The van der Waals surface area contributed by atoms with Crippen molar-refractivity contribution >= 4 is 17.6 Å². The minimum Gasteiger partial charge on any atom is -0.454 e. The molecule has 4 rings (SSSR count). The van der Waals surface area contributed by atoms with E-state index in [9.17, 15) is 4.39 Å². The molecule has 0 amide bonds. The Hall–Kier alpha value is -3.19. The molecule has 0 spiro atoms. The molecule has 0 atom stereocenters. The highest BCUT2D eigenvalue weighted by Crippen LogP contribution is 2.32. The van der Waals surface area contributed by atoms with E-state index in [0.717, 1.165) is 5.56 Å². The van der Waals surface area contributed by atoms with Crippen LogP contribution in [0, 0.1) is 5.82 Å². The molecule has 2 aromatic carbocycles. The monoisotopic (exact) mass is 381 g/mol. The van der Waals surface area contributed by atoms with Crippen LogP contribution in [0.1, 0.15) is 5.56 Å². The summed E-state index contributed by atoms with van der Waals surface area (Å²) in [4.78, 5) is 5.11. The average molecular weight is 381 g/mol. The topological polar surface area (TPSA) is 48.1 Å². The summed E-state index contributed by atoms with van der Waals surface area (Å²) in [6.45, 7) is 4.36. The van der Waals surface area contributed by atoms with Crippen LogP contribution in [0.2, 0.25) is 0 Å². The van der Waals surface area contributed by atoms with Gasteiger partial charge in [-0.3, -0.25) is 4.99 Å². The molecule has 0 fully saturated rings. The molecule has 0 bridgehead atoms. The van der Waals surface area contributed by atoms with Crippen LogP contribution >= 0.6 is 11.3 Å². The van der Waals surface area contributed by atoms with Gasteiger partial charge in [0.05, 0.1) is 18.5 Å². The minimum absolute atomic E-state index is 0.219. The van der Waals surface area contributed by atoms with E-state index < -0.39 is 0 Å². The molecule has 0 saturated heterocycles. The van der Waals surface area contributed by atoms with Crippen LogP contribution in [0.3, 0.4) is 0 Å². The highest BCUT2D eigenvalue weighted by atomic mass is 32.1. The maximum absolute atomic E-state index is 14.3.